The molecule has 1 saturated carbocycles. The summed E-state index contributed by atoms with van der Waals surface area (Å²) >= 11 is 0. The van der Waals surface area contributed by atoms with Gasteiger partial charge in [-0.2, -0.15) is 0 Å². The number of carbonyl (C=O) groups excluding carboxylic acids is 1. The molecule has 2 aliphatic rings. The second-order valence-electron chi connectivity index (χ2n) is 10.7. The van der Waals surface area contributed by atoms with Crippen LogP contribution in [0.25, 0.3) is 0 Å². The number of likely N-dealkylation sites (N-methyl/N-ethyl adjacent to an activating group) is 2. The van der Waals surface area contributed by atoms with E-state index in [-0.39, 0.29) is 17.4 Å². The second-order valence-corrected chi connectivity index (χ2v) is 10.7. The van der Waals surface area contributed by atoms with Crippen LogP contribution in [0.4, 0.5) is 0 Å². The highest BCUT2D eigenvalue weighted by Gasteiger charge is 2.40. The molecule has 204 valence electrons. The van der Waals surface area contributed by atoms with E-state index in [1.54, 1.807) is 0 Å². The van der Waals surface area contributed by atoms with Crippen LogP contribution in [0.15, 0.2) is 30.0 Å². The zero-order valence-electron chi connectivity index (χ0n) is 24.1. The molecule has 5 nitrogen and oxygen atoms in total. The van der Waals surface area contributed by atoms with Crippen LogP contribution in [-0.2, 0) is 10.2 Å². The third kappa shape index (κ3) is 6.59. The second kappa shape index (κ2) is 13.5. The standard InChI is InChI=1S/C32H49N3O2/c1-7-32(8-2,27-17-15-25(24(6)21-27)16-18-30(36)26-13-12-14-26)28-22-29(35(11-5)23-28)31(37)33-19-20-34(9-3)10-4/h15,17,21,23,26,29-30,36H,7-14,19-20,22H2,1-6H3,(H,33,37). The monoisotopic (exact) mass is 507 g/mol. The lowest BCUT2D eigenvalue weighted by Gasteiger charge is -2.34. The van der Waals surface area contributed by atoms with Gasteiger partial charge in [0.1, 0.15) is 12.1 Å². The Morgan fingerprint density at radius 2 is 1.89 bits per heavy atom. The molecule has 3 rings (SSSR count). The third-order valence-electron chi connectivity index (χ3n) is 8.98. The normalized spacial score (nSPS) is 18.8. The summed E-state index contributed by atoms with van der Waals surface area (Å²) in [6.45, 7) is 17.5. The maximum atomic E-state index is 13.2. The molecule has 2 atom stereocenters. The van der Waals surface area contributed by atoms with Crippen LogP contribution >= 0.6 is 0 Å². The molecule has 1 heterocycles. The topological polar surface area (TPSA) is 55.8 Å². The van der Waals surface area contributed by atoms with Gasteiger partial charge in [0.25, 0.3) is 0 Å². The van der Waals surface area contributed by atoms with Crippen LogP contribution in [0.3, 0.4) is 0 Å². The Morgan fingerprint density at radius 1 is 1.19 bits per heavy atom. The summed E-state index contributed by atoms with van der Waals surface area (Å²) in [5.74, 6) is 6.80. The van der Waals surface area contributed by atoms with Gasteiger partial charge in [0.15, 0.2) is 0 Å². The lowest BCUT2D eigenvalue weighted by Crippen LogP contribution is -2.45. The zero-order chi connectivity index (χ0) is 27.0. The van der Waals surface area contributed by atoms with Gasteiger partial charge in [0.05, 0.1) is 0 Å². The minimum absolute atomic E-state index is 0.105. The van der Waals surface area contributed by atoms with Gasteiger partial charge < -0.3 is 20.2 Å². The maximum absolute atomic E-state index is 13.2. The number of aliphatic hydroxyl groups excluding tert-OH is 1. The average molecular weight is 508 g/mol. The van der Waals surface area contributed by atoms with E-state index < -0.39 is 6.10 Å². The Morgan fingerprint density at radius 3 is 2.43 bits per heavy atom. The number of nitrogens with one attached hydrogen (secondary N) is 1. The molecule has 0 radical (unpaired) electrons. The first-order valence-corrected chi connectivity index (χ1v) is 14.6. The van der Waals surface area contributed by atoms with Crippen molar-refractivity contribution >= 4 is 5.91 Å². The van der Waals surface area contributed by atoms with E-state index in [2.05, 4.69) is 92.9 Å². The number of benzene rings is 1. The number of carbonyl (C=O) groups is 1. The van der Waals surface area contributed by atoms with Gasteiger partial charge in [-0.1, -0.05) is 58.1 Å². The van der Waals surface area contributed by atoms with Crippen LogP contribution in [0.1, 0.15) is 89.8 Å². The van der Waals surface area contributed by atoms with Gasteiger partial charge in [-0.25, -0.2) is 0 Å². The zero-order valence-corrected chi connectivity index (χ0v) is 24.1. The fourth-order valence-corrected chi connectivity index (χ4v) is 5.96. The summed E-state index contributed by atoms with van der Waals surface area (Å²) in [5, 5.41) is 13.5. The van der Waals surface area contributed by atoms with Gasteiger partial charge in [0, 0.05) is 43.2 Å². The summed E-state index contributed by atoms with van der Waals surface area (Å²) in [7, 11) is 0. The smallest absolute Gasteiger partial charge is 0.243 e. The molecule has 2 N–H and O–H groups in total. The summed E-state index contributed by atoms with van der Waals surface area (Å²) < 4.78 is 0. The molecule has 0 saturated heterocycles. The van der Waals surface area contributed by atoms with Crippen molar-refractivity contribution in [1.82, 2.24) is 15.1 Å². The van der Waals surface area contributed by atoms with E-state index in [1.807, 2.05) is 0 Å². The van der Waals surface area contributed by atoms with Crippen LogP contribution in [0, 0.1) is 24.7 Å². The lowest BCUT2D eigenvalue weighted by atomic mass is 9.69. The fraction of sp³-hybridized carbons (Fsp3) is 0.656. The molecular weight excluding hydrogens is 458 g/mol. The average Bonchev–Trinajstić information content (AvgIpc) is 3.31. The van der Waals surface area contributed by atoms with Crippen LogP contribution < -0.4 is 5.32 Å². The van der Waals surface area contributed by atoms with Gasteiger partial charge in [-0.15, -0.1) is 0 Å². The molecule has 1 aliphatic heterocycles. The summed E-state index contributed by atoms with van der Waals surface area (Å²) in [4.78, 5) is 17.8. The van der Waals surface area contributed by atoms with E-state index in [0.29, 0.717) is 12.5 Å². The molecule has 0 aromatic heterocycles. The molecule has 1 amide bonds. The van der Waals surface area contributed by atoms with Crippen molar-refractivity contribution in [3.05, 3.63) is 46.7 Å². The Balaban J connectivity index is 1.77. The Kier molecular flexibility index (Phi) is 10.7. The van der Waals surface area contributed by atoms with Gasteiger partial charge in [0.2, 0.25) is 5.91 Å². The van der Waals surface area contributed by atoms with Crippen molar-refractivity contribution in [1.29, 1.82) is 0 Å². The summed E-state index contributed by atoms with van der Waals surface area (Å²) in [5.41, 5.74) is 4.68. The number of aryl methyl sites for hydroxylation is 1. The van der Waals surface area contributed by atoms with Crippen molar-refractivity contribution in [2.45, 2.75) is 97.6 Å². The molecule has 0 bridgehead atoms. The Bertz CT molecular complexity index is 993. The first kappa shape index (κ1) is 29.3. The highest BCUT2D eigenvalue weighted by Crippen LogP contribution is 2.44. The van der Waals surface area contributed by atoms with E-state index in [9.17, 15) is 9.90 Å². The number of rotatable bonds is 12. The molecule has 1 fully saturated rings. The lowest BCUT2D eigenvalue weighted by molar-refractivity contribution is -0.125. The highest BCUT2D eigenvalue weighted by atomic mass is 16.3. The number of aliphatic hydroxyl groups is 1. The molecule has 0 spiro atoms. The molecule has 1 aliphatic carbocycles. The van der Waals surface area contributed by atoms with Crippen LogP contribution in [-0.4, -0.2) is 65.7 Å². The number of hydrogen-bond donors (Lipinski definition) is 2. The summed E-state index contributed by atoms with van der Waals surface area (Å²) in [6.07, 6.45) is 7.85. The van der Waals surface area contributed by atoms with Crippen molar-refractivity contribution in [2.24, 2.45) is 5.92 Å². The third-order valence-corrected chi connectivity index (χ3v) is 8.98. The minimum atomic E-state index is -0.517. The minimum Gasteiger partial charge on any atom is -0.380 e. The number of nitrogens with zero attached hydrogens (tertiary/aromatic N) is 2. The van der Waals surface area contributed by atoms with E-state index >= 15 is 0 Å². The fourth-order valence-electron chi connectivity index (χ4n) is 5.96. The van der Waals surface area contributed by atoms with Crippen molar-refractivity contribution in [2.75, 3.05) is 32.7 Å². The van der Waals surface area contributed by atoms with Crippen LogP contribution in [0.2, 0.25) is 0 Å². The Hall–Kier alpha value is -2.29. The molecule has 37 heavy (non-hydrogen) atoms. The molecule has 1 aromatic rings. The summed E-state index contributed by atoms with van der Waals surface area (Å²) in [6, 6.07) is 6.47. The highest BCUT2D eigenvalue weighted by molar-refractivity contribution is 5.83. The van der Waals surface area contributed by atoms with Crippen molar-refractivity contribution in [3.63, 3.8) is 0 Å². The van der Waals surface area contributed by atoms with Gasteiger partial charge in [-0.05, 0) is 81.3 Å². The Labute approximate surface area is 225 Å². The maximum Gasteiger partial charge on any atom is 0.243 e. The van der Waals surface area contributed by atoms with E-state index in [1.165, 1.54) is 17.6 Å². The number of amides is 1. The predicted molar refractivity (Wildman–Crippen MR) is 153 cm³/mol. The van der Waals surface area contributed by atoms with Gasteiger partial charge in [-0.3, -0.25) is 4.79 Å². The molecule has 2 unspecified atom stereocenters. The molecule has 1 aromatic carbocycles. The quantitative estimate of drug-likeness (QED) is 0.391. The van der Waals surface area contributed by atoms with Crippen molar-refractivity contribution in [3.8, 4) is 11.8 Å². The van der Waals surface area contributed by atoms with E-state index in [4.69, 9.17) is 0 Å². The van der Waals surface area contributed by atoms with E-state index in [0.717, 1.165) is 69.4 Å². The van der Waals surface area contributed by atoms with Gasteiger partial charge >= 0.3 is 0 Å². The molecule has 5 heteroatoms. The first-order chi connectivity index (χ1) is 17.8. The molecular formula is C32H49N3O2. The SMILES string of the molecule is CCN(CC)CCNC(=O)C1CC(C(CC)(CC)c2ccc(C#CC(O)C3CCC3)c(C)c2)=CN1CC. The number of hydrogen-bond acceptors (Lipinski definition) is 4. The van der Waals surface area contributed by atoms with Crippen molar-refractivity contribution < 1.29 is 9.90 Å². The largest absolute Gasteiger partial charge is 0.380 e. The predicted octanol–water partition coefficient (Wildman–Crippen LogP) is 5.00. The first-order valence-electron chi connectivity index (χ1n) is 14.6. The van der Waals surface area contributed by atoms with Crippen LogP contribution in [0.5, 0.6) is 0 Å².